The molecule has 24 heavy (non-hydrogen) atoms. The largest absolute Gasteiger partial charge is 0.478 e. The fraction of sp³-hybridized carbons (Fsp3) is 0.357. The number of rotatable bonds is 6. The fourth-order valence-corrected chi connectivity index (χ4v) is 1.80. The van der Waals surface area contributed by atoms with E-state index in [1.807, 2.05) is 0 Å². The maximum atomic E-state index is 13.4. The minimum Gasteiger partial charge on any atom is -0.478 e. The third-order valence-electron chi connectivity index (χ3n) is 3.52. The van der Waals surface area contributed by atoms with Gasteiger partial charge in [0.1, 0.15) is 12.0 Å². The summed E-state index contributed by atoms with van der Waals surface area (Å²) in [4.78, 5) is 18.0. The number of aliphatic imine (C=N–C) groups is 1. The average Bonchev–Trinajstić information content (AvgIpc) is 3.25. The van der Waals surface area contributed by atoms with Crippen LogP contribution in [-0.2, 0) is 4.74 Å². The number of allylic oxidation sites excluding steroid dienone is 1. The quantitative estimate of drug-likeness (QED) is 0.356. The molecule has 0 bridgehead atoms. The molecule has 1 aliphatic carbocycles. The molecule has 4 N–H and O–H groups in total. The Morgan fingerprint density at radius 1 is 1.38 bits per heavy atom. The summed E-state index contributed by atoms with van der Waals surface area (Å²) in [5.74, 6) is -2.38. The van der Waals surface area contributed by atoms with E-state index in [1.54, 1.807) is 0 Å². The summed E-state index contributed by atoms with van der Waals surface area (Å²) in [6, 6.07) is 2.36. The van der Waals surface area contributed by atoms with Gasteiger partial charge in [0.15, 0.2) is 11.7 Å². The first-order valence-corrected chi connectivity index (χ1v) is 6.80. The van der Waals surface area contributed by atoms with Crippen LogP contribution in [0.15, 0.2) is 29.1 Å². The van der Waals surface area contributed by atoms with E-state index in [2.05, 4.69) is 9.98 Å². The molecule has 1 aromatic rings. The molecular weight excluding hydrogens is 332 g/mol. The third-order valence-corrected chi connectivity index (χ3v) is 3.52. The van der Waals surface area contributed by atoms with Crippen molar-refractivity contribution in [2.75, 3.05) is 6.61 Å². The zero-order valence-electron chi connectivity index (χ0n) is 12.3. The number of primary amides is 1. The number of alkyl halides is 3. The summed E-state index contributed by atoms with van der Waals surface area (Å²) < 4.78 is 56.4. The Labute approximate surface area is 134 Å². The predicted octanol–water partition coefficient (Wildman–Crippen LogP) is 2.18. The maximum absolute atomic E-state index is 13.4. The van der Waals surface area contributed by atoms with Crippen LogP contribution in [0.5, 0.6) is 0 Å². The van der Waals surface area contributed by atoms with Gasteiger partial charge >= 0.3 is 6.18 Å². The van der Waals surface area contributed by atoms with E-state index < -0.39 is 30.1 Å². The van der Waals surface area contributed by atoms with Crippen LogP contribution in [0.4, 0.5) is 23.4 Å². The fourth-order valence-electron chi connectivity index (χ4n) is 1.80. The molecule has 130 valence electrons. The molecule has 0 atom stereocenters. The minimum absolute atomic E-state index is 0.00722. The molecule has 0 unspecified atom stereocenters. The van der Waals surface area contributed by atoms with Gasteiger partial charge in [0.05, 0.1) is 5.56 Å². The van der Waals surface area contributed by atoms with Crippen molar-refractivity contribution in [3.05, 3.63) is 35.6 Å². The molecule has 0 aliphatic heterocycles. The highest BCUT2D eigenvalue weighted by Gasteiger charge is 2.63. The summed E-state index contributed by atoms with van der Waals surface area (Å²) in [5, 5.41) is 0. The van der Waals surface area contributed by atoms with Gasteiger partial charge < -0.3 is 16.2 Å². The summed E-state index contributed by atoms with van der Waals surface area (Å²) in [6.07, 6.45) is -2.10. The standard InChI is InChI=1S/C14H14F4N4O2/c15-11-8(12(20)23)1-2-10(22-11)21-6-3-9(19)24-7-13(4-5-13)14(16,17)18/h1-3,6H,4-5,7,19H2,(H2,20,23). The molecule has 0 radical (unpaired) electrons. The molecule has 1 heterocycles. The molecule has 2 rings (SSSR count). The predicted molar refractivity (Wildman–Crippen MR) is 76.8 cm³/mol. The number of nitrogens with zero attached hydrogens (tertiary/aromatic N) is 2. The van der Waals surface area contributed by atoms with Crippen molar-refractivity contribution in [2.45, 2.75) is 19.0 Å². The van der Waals surface area contributed by atoms with Gasteiger partial charge in [-0.3, -0.25) is 4.79 Å². The molecule has 0 aromatic carbocycles. The van der Waals surface area contributed by atoms with E-state index in [-0.39, 0.29) is 30.1 Å². The number of aromatic nitrogens is 1. The van der Waals surface area contributed by atoms with E-state index in [0.717, 1.165) is 18.4 Å². The van der Waals surface area contributed by atoms with Crippen LogP contribution in [0.25, 0.3) is 0 Å². The summed E-state index contributed by atoms with van der Waals surface area (Å²) in [6.45, 7) is -0.563. The van der Waals surface area contributed by atoms with E-state index in [9.17, 15) is 22.4 Å². The van der Waals surface area contributed by atoms with Crippen molar-refractivity contribution >= 4 is 17.9 Å². The van der Waals surface area contributed by atoms with Crippen LogP contribution in [0.1, 0.15) is 23.2 Å². The highest BCUT2D eigenvalue weighted by Crippen LogP contribution is 2.57. The van der Waals surface area contributed by atoms with Gasteiger partial charge in [0, 0.05) is 12.3 Å². The highest BCUT2D eigenvalue weighted by molar-refractivity contribution is 5.92. The van der Waals surface area contributed by atoms with Crippen LogP contribution in [0, 0.1) is 11.4 Å². The maximum Gasteiger partial charge on any atom is 0.397 e. The first-order valence-electron chi connectivity index (χ1n) is 6.80. The summed E-state index contributed by atoms with van der Waals surface area (Å²) >= 11 is 0. The van der Waals surface area contributed by atoms with E-state index in [4.69, 9.17) is 16.2 Å². The van der Waals surface area contributed by atoms with Crippen molar-refractivity contribution in [2.24, 2.45) is 21.9 Å². The number of carbonyl (C=O) groups excluding carboxylic acids is 1. The number of carbonyl (C=O) groups is 1. The normalized spacial score (nSPS) is 17.1. The Morgan fingerprint density at radius 2 is 2.04 bits per heavy atom. The second kappa shape index (κ2) is 6.46. The van der Waals surface area contributed by atoms with Crippen LogP contribution in [0.3, 0.4) is 0 Å². The van der Waals surface area contributed by atoms with Gasteiger partial charge in [-0.05, 0) is 25.0 Å². The van der Waals surface area contributed by atoms with Gasteiger partial charge in [0.25, 0.3) is 5.91 Å². The Morgan fingerprint density at radius 3 is 2.54 bits per heavy atom. The lowest BCUT2D eigenvalue weighted by Gasteiger charge is -2.19. The highest BCUT2D eigenvalue weighted by atomic mass is 19.4. The molecule has 1 amide bonds. The number of hydrogen-bond donors (Lipinski definition) is 2. The van der Waals surface area contributed by atoms with Crippen molar-refractivity contribution < 1.29 is 27.1 Å². The Balaban J connectivity index is 1.94. The molecule has 1 aromatic heterocycles. The van der Waals surface area contributed by atoms with Crippen molar-refractivity contribution in [3.63, 3.8) is 0 Å². The minimum atomic E-state index is -4.33. The zero-order valence-corrected chi connectivity index (χ0v) is 12.3. The topological polar surface area (TPSA) is 104 Å². The Bertz CT molecular complexity index is 697. The SMILES string of the molecule is NC(=O)c1ccc(N=CC=C(N)OCC2(C(F)(F)F)CC2)nc1F. The Hall–Kier alpha value is -2.65. The number of ether oxygens (including phenoxy) is 1. The molecule has 1 saturated carbocycles. The first kappa shape index (κ1) is 17.7. The molecule has 1 aliphatic rings. The average molecular weight is 346 g/mol. The lowest BCUT2D eigenvalue weighted by atomic mass is 10.1. The molecule has 1 fully saturated rings. The van der Waals surface area contributed by atoms with Crippen molar-refractivity contribution in [1.82, 2.24) is 4.98 Å². The lowest BCUT2D eigenvalue weighted by Crippen LogP contribution is -2.29. The third kappa shape index (κ3) is 4.00. The van der Waals surface area contributed by atoms with Gasteiger partial charge in [-0.15, -0.1) is 0 Å². The Kier molecular flexibility index (Phi) is 4.76. The van der Waals surface area contributed by atoms with Crippen molar-refractivity contribution in [1.29, 1.82) is 0 Å². The number of pyridine rings is 1. The van der Waals surface area contributed by atoms with E-state index in [0.29, 0.717) is 0 Å². The van der Waals surface area contributed by atoms with Gasteiger partial charge in [0.2, 0.25) is 5.95 Å². The molecule has 6 nitrogen and oxygen atoms in total. The van der Waals surface area contributed by atoms with Gasteiger partial charge in [-0.25, -0.2) is 4.99 Å². The number of nitrogens with two attached hydrogens (primary N) is 2. The van der Waals surface area contributed by atoms with E-state index in [1.165, 1.54) is 6.07 Å². The van der Waals surface area contributed by atoms with Gasteiger partial charge in [-0.2, -0.15) is 22.5 Å². The molecular formula is C14H14F4N4O2. The van der Waals surface area contributed by atoms with Gasteiger partial charge in [-0.1, -0.05) is 0 Å². The molecule has 0 saturated heterocycles. The van der Waals surface area contributed by atoms with Crippen LogP contribution < -0.4 is 11.5 Å². The smallest absolute Gasteiger partial charge is 0.397 e. The molecule has 10 heteroatoms. The summed E-state index contributed by atoms with van der Waals surface area (Å²) in [5.41, 5.74) is 8.16. The first-order chi connectivity index (χ1) is 11.1. The summed E-state index contributed by atoms with van der Waals surface area (Å²) in [7, 11) is 0. The number of hydrogen-bond acceptors (Lipinski definition) is 5. The van der Waals surface area contributed by atoms with E-state index >= 15 is 0 Å². The van der Waals surface area contributed by atoms with Crippen LogP contribution in [-0.4, -0.2) is 29.9 Å². The van der Waals surface area contributed by atoms with Crippen LogP contribution >= 0.6 is 0 Å². The second-order valence-electron chi connectivity index (χ2n) is 5.29. The molecule has 0 spiro atoms. The monoisotopic (exact) mass is 346 g/mol. The van der Waals surface area contributed by atoms with Crippen LogP contribution in [0.2, 0.25) is 0 Å². The van der Waals surface area contributed by atoms with Crippen molar-refractivity contribution in [3.8, 4) is 0 Å². The number of amides is 1. The lowest BCUT2D eigenvalue weighted by molar-refractivity contribution is -0.198. The number of halogens is 4. The second-order valence-corrected chi connectivity index (χ2v) is 5.29. The zero-order chi connectivity index (χ0) is 18.0.